The van der Waals surface area contributed by atoms with Gasteiger partial charge in [-0.25, -0.2) is 9.78 Å². The topological polar surface area (TPSA) is 68.7 Å². The SMILES string of the molecule is O=C(O)NC1CC(N2CCN(c3nccc4ccccc34)CC2)C1. The number of carboxylic acid groups (broad SMARTS) is 1. The molecule has 2 aromatic rings. The molecule has 126 valence electrons. The van der Waals surface area contributed by atoms with E-state index >= 15 is 0 Å². The summed E-state index contributed by atoms with van der Waals surface area (Å²) in [5.74, 6) is 1.08. The van der Waals surface area contributed by atoms with Gasteiger partial charge in [-0.3, -0.25) is 4.90 Å². The van der Waals surface area contributed by atoms with Crippen molar-refractivity contribution in [3.63, 3.8) is 0 Å². The molecular formula is C18H22N4O2. The van der Waals surface area contributed by atoms with E-state index in [0.29, 0.717) is 6.04 Å². The summed E-state index contributed by atoms with van der Waals surface area (Å²) in [6.45, 7) is 3.95. The van der Waals surface area contributed by atoms with E-state index < -0.39 is 6.09 Å². The maximum Gasteiger partial charge on any atom is 0.404 e. The summed E-state index contributed by atoms with van der Waals surface area (Å²) in [6.07, 6.45) is 2.83. The largest absolute Gasteiger partial charge is 0.465 e. The Labute approximate surface area is 141 Å². The van der Waals surface area contributed by atoms with E-state index in [1.54, 1.807) is 0 Å². The molecule has 1 saturated heterocycles. The van der Waals surface area contributed by atoms with E-state index in [1.807, 2.05) is 6.20 Å². The minimum atomic E-state index is -0.912. The molecular weight excluding hydrogens is 304 g/mol. The Balaban J connectivity index is 1.37. The van der Waals surface area contributed by atoms with Crippen molar-refractivity contribution in [2.45, 2.75) is 24.9 Å². The highest BCUT2D eigenvalue weighted by molar-refractivity contribution is 5.92. The summed E-state index contributed by atoms with van der Waals surface area (Å²) in [6, 6.07) is 11.1. The van der Waals surface area contributed by atoms with Gasteiger partial charge in [0.05, 0.1) is 0 Å². The molecule has 1 aromatic carbocycles. The zero-order chi connectivity index (χ0) is 16.5. The van der Waals surface area contributed by atoms with Gasteiger partial charge in [-0.15, -0.1) is 0 Å². The molecule has 1 saturated carbocycles. The van der Waals surface area contributed by atoms with Crippen molar-refractivity contribution in [3.05, 3.63) is 36.5 Å². The molecule has 2 aliphatic rings. The van der Waals surface area contributed by atoms with E-state index in [0.717, 1.165) is 44.8 Å². The summed E-state index contributed by atoms with van der Waals surface area (Å²) >= 11 is 0. The number of hydrogen-bond acceptors (Lipinski definition) is 4. The number of nitrogens with one attached hydrogen (secondary N) is 1. The van der Waals surface area contributed by atoms with E-state index in [-0.39, 0.29) is 6.04 Å². The van der Waals surface area contributed by atoms with Crippen LogP contribution in [-0.2, 0) is 0 Å². The molecule has 2 fully saturated rings. The second kappa shape index (κ2) is 6.28. The third-order valence-electron chi connectivity index (χ3n) is 5.22. The Morgan fingerprint density at radius 3 is 2.62 bits per heavy atom. The lowest BCUT2D eigenvalue weighted by Gasteiger charge is -2.46. The van der Waals surface area contributed by atoms with Crippen LogP contribution < -0.4 is 10.2 Å². The van der Waals surface area contributed by atoms with Crippen molar-refractivity contribution in [3.8, 4) is 0 Å². The average molecular weight is 326 g/mol. The molecule has 0 unspecified atom stereocenters. The first-order chi connectivity index (χ1) is 11.7. The smallest absolute Gasteiger partial charge is 0.404 e. The minimum Gasteiger partial charge on any atom is -0.465 e. The molecule has 24 heavy (non-hydrogen) atoms. The molecule has 0 bridgehead atoms. The summed E-state index contributed by atoms with van der Waals surface area (Å²) in [5.41, 5.74) is 0. The zero-order valence-electron chi connectivity index (χ0n) is 13.6. The molecule has 0 atom stereocenters. The quantitative estimate of drug-likeness (QED) is 0.904. The molecule has 4 rings (SSSR count). The maximum absolute atomic E-state index is 10.7. The Morgan fingerprint density at radius 2 is 1.88 bits per heavy atom. The highest BCUT2D eigenvalue weighted by Gasteiger charge is 2.36. The van der Waals surface area contributed by atoms with Gasteiger partial charge < -0.3 is 15.3 Å². The Bertz CT molecular complexity index is 731. The predicted octanol–water partition coefficient (Wildman–Crippen LogP) is 2.16. The lowest BCUT2D eigenvalue weighted by molar-refractivity contribution is 0.0885. The van der Waals surface area contributed by atoms with Gasteiger partial charge in [-0.05, 0) is 24.3 Å². The molecule has 2 heterocycles. The van der Waals surface area contributed by atoms with Gasteiger partial charge in [-0.2, -0.15) is 0 Å². The first kappa shape index (κ1) is 15.2. The molecule has 0 radical (unpaired) electrons. The number of rotatable bonds is 3. The lowest BCUT2D eigenvalue weighted by atomic mass is 9.85. The zero-order valence-corrected chi connectivity index (χ0v) is 13.6. The van der Waals surface area contributed by atoms with Crippen molar-refractivity contribution in [2.24, 2.45) is 0 Å². The Kier molecular flexibility index (Phi) is 3.98. The van der Waals surface area contributed by atoms with Crippen LogP contribution in [0.3, 0.4) is 0 Å². The van der Waals surface area contributed by atoms with Crippen LogP contribution in [0.25, 0.3) is 10.8 Å². The molecule has 6 heteroatoms. The fourth-order valence-corrected chi connectivity index (χ4v) is 3.83. The van der Waals surface area contributed by atoms with Crippen molar-refractivity contribution in [2.75, 3.05) is 31.1 Å². The van der Waals surface area contributed by atoms with Gasteiger partial charge in [0.1, 0.15) is 5.82 Å². The molecule has 2 N–H and O–H groups in total. The first-order valence-corrected chi connectivity index (χ1v) is 8.53. The van der Waals surface area contributed by atoms with E-state index in [4.69, 9.17) is 5.11 Å². The molecule has 6 nitrogen and oxygen atoms in total. The van der Waals surface area contributed by atoms with Gasteiger partial charge in [0.15, 0.2) is 0 Å². The van der Waals surface area contributed by atoms with Crippen LogP contribution in [0.4, 0.5) is 10.6 Å². The maximum atomic E-state index is 10.7. The van der Waals surface area contributed by atoms with Crippen molar-refractivity contribution < 1.29 is 9.90 Å². The van der Waals surface area contributed by atoms with E-state index in [9.17, 15) is 4.79 Å². The molecule has 1 aromatic heterocycles. The molecule has 1 aliphatic heterocycles. The van der Waals surface area contributed by atoms with Crippen LogP contribution in [0, 0.1) is 0 Å². The van der Waals surface area contributed by atoms with Crippen LogP contribution in [0.2, 0.25) is 0 Å². The number of hydrogen-bond donors (Lipinski definition) is 2. The van der Waals surface area contributed by atoms with Gasteiger partial charge in [0, 0.05) is 49.8 Å². The van der Waals surface area contributed by atoms with Crippen LogP contribution in [0.15, 0.2) is 36.5 Å². The van der Waals surface area contributed by atoms with Crippen molar-refractivity contribution in [1.82, 2.24) is 15.2 Å². The van der Waals surface area contributed by atoms with Crippen LogP contribution >= 0.6 is 0 Å². The number of fused-ring (bicyclic) bond motifs is 1. The molecule has 1 amide bonds. The van der Waals surface area contributed by atoms with E-state index in [2.05, 4.69) is 50.4 Å². The monoisotopic (exact) mass is 326 g/mol. The van der Waals surface area contributed by atoms with E-state index in [1.165, 1.54) is 10.8 Å². The fourth-order valence-electron chi connectivity index (χ4n) is 3.83. The summed E-state index contributed by atoms with van der Waals surface area (Å²) in [4.78, 5) is 20.1. The second-order valence-corrected chi connectivity index (χ2v) is 6.65. The number of nitrogens with zero attached hydrogens (tertiary/aromatic N) is 3. The van der Waals surface area contributed by atoms with Gasteiger partial charge in [-0.1, -0.05) is 24.3 Å². The number of carbonyl (C=O) groups is 1. The number of pyridine rings is 1. The normalized spacial score (nSPS) is 24.6. The first-order valence-electron chi connectivity index (χ1n) is 8.53. The Hall–Kier alpha value is -2.34. The third-order valence-corrected chi connectivity index (χ3v) is 5.22. The summed E-state index contributed by atoms with van der Waals surface area (Å²) in [5, 5.41) is 13.8. The standard InChI is InChI=1S/C18H22N4O2/c23-18(24)20-14-11-15(12-14)21-7-9-22(10-8-21)17-16-4-2-1-3-13(16)5-6-19-17/h1-6,14-15,20H,7-12H2,(H,23,24). The third kappa shape index (κ3) is 2.89. The fraction of sp³-hybridized carbons (Fsp3) is 0.444. The number of benzene rings is 1. The lowest BCUT2D eigenvalue weighted by Crippen LogP contribution is -2.58. The van der Waals surface area contributed by atoms with Gasteiger partial charge in [0.25, 0.3) is 0 Å². The van der Waals surface area contributed by atoms with Crippen molar-refractivity contribution in [1.29, 1.82) is 0 Å². The van der Waals surface area contributed by atoms with Crippen LogP contribution in [0.1, 0.15) is 12.8 Å². The summed E-state index contributed by atoms with van der Waals surface area (Å²) < 4.78 is 0. The Morgan fingerprint density at radius 1 is 1.12 bits per heavy atom. The van der Waals surface area contributed by atoms with Crippen LogP contribution in [0.5, 0.6) is 0 Å². The highest BCUT2D eigenvalue weighted by atomic mass is 16.4. The van der Waals surface area contributed by atoms with Crippen molar-refractivity contribution >= 4 is 22.7 Å². The number of amides is 1. The second-order valence-electron chi connectivity index (χ2n) is 6.65. The highest BCUT2D eigenvalue weighted by Crippen LogP contribution is 2.29. The average Bonchev–Trinajstić information content (AvgIpc) is 2.57. The molecule has 0 spiro atoms. The summed E-state index contributed by atoms with van der Waals surface area (Å²) in [7, 11) is 0. The van der Waals surface area contributed by atoms with Crippen LogP contribution in [-0.4, -0.2) is 59.3 Å². The minimum absolute atomic E-state index is 0.130. The molecule has 1 aliphatic carbocycles. The number of aromatic nitrogens is 1. The van der Waals surface area contributed by atoms with Gasteiger partial charge in [0.2, 0.25) is 0 Å². The predicted molar refractivity (Wildman–Crippen MR) is 93.5 cm³/mol. The van der Waals surface area contributed by atoms with Gasteiger partial charge >= 0.3 is 6.09 Å². The number of piperazine rings is 1. The number of anilines is 1.